The fraction of sp³-hybridized carbons (Fsp3) is 0.316. The summed E-state index contributed by atoms with van der Waals surface area (Å²) < 4.78 is 46.3. The molecule has 8 heteroatoms. The lowest BCUT2D eigenvalue weighted by atomic mass is 10.1. The van der Waals surface area contributed by atoms with Crippen LogP contribution < -0.4 is 15.4 Å². The topological polar surface area (TPSA) is 59.6 Å². The molecule has 0 fully saturated rings. The highest BCUT2D eigenvalue weighted by molar-refractivity contribution is 5.74. The van der Waals surface area contributed by atoms with E-state index >= 15 is 0 Å². The minimum Gasteiger partial charge on any atom is -0.491 e. The molecule has 0 saturated heterocycles. The zero-order valence-electron chi connectivity index (χ0n) is 14.4. The van der Waals surface area contributed by atoms with Gasteiger partial charge in [0.15, 0.2) is 0 Å². The van der Waals surface area contributed by atoms with Gasteiger partial charge in [-0.3, -0.25) is 0 Å². The van der Waals surface area contributed by atoms with Crippen LogP contribution in [0.15, 0.2) is 48.5 Å². The van der Waals surface area contributed by atoms with Crippen LogP contribution in [0.2, 0.25) is 0 Å². The summed E-state index contributed by atoms with van der Waals surface area (Å²) >= 11 is 0. The standard InChI is InChI=1S/C19H19F3N2O3/c20-19(21,22)12-26-10-14-7-5-13(6-8-14)9-23-18(25)24-16-11-27-17-4-2-1-3-15(16)17/h1-8,16H,9-12H2,(H2,23,24,25)/t16-/m1/s1. The summed E-state index contributed by atoms with van der Waals surface area (Å²) in [5.41, 5.74) is 2.40. The molecule has 0 spiro atoms. The second-order valence-corrected chi connectivity index (χ2v) is 6.15. The maximum atomic E-state index is 12.1. The Morgan fingerprint density at radius 2 is 1.81 bits per heavy atom. The molecular formula is C19H19F3N2O3. The van der Waals surface area contributed by atoms with Gasteiger partial charge in [0.05, 0.1) is 12.6 Å². The lowest BCUT2D eigenvalue weighted by Gasteiger charge is -2.13. The van der Waals surface area contributed by atoms with Crippen LogP contribution >= 0.6 is 0 Å². The molecule has 0 aliphatic carbocycles. The van der Waals surface area contributed by atoms with E-state index in [0.29, 0.717) is 18.7 Å². The van der Waals surface area contributed by atoms with Gasteiger partial charge in [-0.15, -0.1) is 0 Å². The Hall–Kier alpha value is -2.74. The van der Waals surface area contributed by atoms with Gasteiger partial charge in [0.2, 0.25) is 0 Å². The van der Waals surface area contributed by atoms with Crippen molar-refractivity contribution in [3.63, 3.8) is 0 Å². The van der Waals surface area contributed by atoms with Crippen LogP contribution in [-0.2, 0) is 17.9 Å². The molecule has 2 amide bonds. The molecule has 0 unspecified atom stereocenters. The summed E-state index contributed by atoms with van der Waals surface area (Å²) in [6.45, 7) is -0.705. The van der Waals surface area contributed by atoms with Crippen molar-refractivity contribution in [2.75, 3.05) is 13.2 Å². The molecule has 1 aliphatic rings. The molecule has 1 atom stereocenters. The Morgan fingerprint density at radius 1 is 1.11 bits per heavy atom. The number of para-hydroxylation sites is 1. The molecule has 144 valence electrons. The Morgan fingerprint density at radius 3 is 2.56 bits per heavy atom. The van der Waals surface area contributed by atoms with Crippen molar-refractivity contribution >= 4 is 6.03 Å². The first-order valence-electron chi connectivity index (χ1n) is 8.39. The highest BCUT2D eigenvalue weighted by Gasteiger charge is 2.27. The zero-order valence-corrected chi connectivity index (χ0v) is 14.4. The first-order valence-corrected chi connectivity index (χ1v) is 8.39. The van der Waals surface area contributed by atoms with Gasteiger partial charge in [-0.25, -0.2) is 4.79 Å². The average molecular weight is 380 g/mol. The monoisotopic (exact) mass is 380 g/mol. The van der Waals surface area contributed by atoms with Crippen LogP contribution in [-0.4, -0.2) is 25.4 Å². The van der Waals surface area contributed by atoms with E-state index in [1.54, 1.807) is 24.3 Å². The predicted molar refractivity (Wildman–Crippen MR) is 92.2 cm³/mol. The molecule has 5 nitrogen and oxygen atoms in total. The molecule has 0 aromatic heterocycles. The van der Waals surface area contributed by atoms with Crippen LogP contribution in [0.5, 0.6) is 5.75 Å². The number of carbonyl (C=O) groups excluding carboxylic acids is 1. The van der Waals surface area contributed by atoms with Crippen molar-refractivity contribution in [3.8, 4) is 5.75 Å². The maximum absolute atomic E-state index is 12.1. The highest BCUT2D eigenvalue weighted by Crippen LogP contribution is 2.31. The van der Waals surface area contributed by atoms with Crippen molar-refractivity contribution in [3.05, 3.63) is 65.2 Å². The van der Waals surface area contributed by atoms with Crippen molar-refractivity contribution in [2.45, 2.75) is 25.4 Å². The SMILES string of the molecule is O=C(NCc1ccc(COCC(F)(F)F)cc1)N[C@@H]1COc2ccccc21. The van der Waals surface area contributed by atoms with Crippen molar-refractivity contribution in [1.29, 1.82) is 0 Å². The third-order valence-electron chi connectivity index (χ3n) is 4.02. The first-order chi connectivity index (χ1) is 12.9. The molecule has 1 heterocycles. The normalized spacial score (nSPS) is 15.7. The van der Waals surface area contributed by atoms with Crippen LogP contribution in [0, 0.1) is 0 Å². The van der Waals surface area contributed by atoms with Gasteiger partial charge in [-0.1, -0.05) is 42.5 Å². The van der Waals surface area contributed by atoms with E-state index in [2.05, 4.69) is 15.4 Å². The Balaban J connectivity index is 1.43. The average Bonchev–Trinajstić information content (AvgIpc) is 3.03. The Kier molecular flexibility index (Phi) is 5.85. The van der Waals surface area contributed by atoms with Crippen LogP contribution in [0.25, 0.3) is 0 Å². The number of halogens is 3. The molecule has 0 bridgehead atoms. The van der Waals surface area contributed by atoms with Gasteiger partial charge in [0.25, 0.3) is 0 Å². The van der Waals surface area contributed by atoms with Crippen LogP contribution in [0.3, 0.4) is 0 Å². The maximum Gasteiger partial charge on any atom is 0.411 e. The molecule has 0 radical (unpaired) electrons. The first kappa shape index (κ1) is 19.0. The second-order valence-electron chi connectivity index (χ2n) is 6.15. The van der Waals surface area contributed by atoms with E-state index in [9.17, 15) is 18.0 Å². The van der Waals surface area contributed by atoms with Crippen molar-refractivity contribution in [1.82, 2.24) is 10.6 Å². The third kappa shape index (κ3) is 5.62. The Labute approximate surface area is 154 Å². The summed E-state index contributed by atoms with van der Waals surface area (Å²) in [5.74, 6) is 0.770. The quantitative estimate of drug-likeness (QED) is 0.804. The number of urea groups is 1. The molecule has 2 N–H and O–H groups in total. The summed E-state index contributed by atoms with van der Waals surface area (Å²) in [4.78, 5) is 12.1. The smallest absolute Gasteiger partial charge is 0.411 e. The number of amides is 2. The number of nitrogens with one attached hydrogen (secondary N) is 2. The zero-order chi connectivity index (χ0) is 19.3. The molecule has 27 heavy (non-hydrogen) atoms. The molecule has 1 aliphatic heterocycles. The molecular weight excluding hydrogens is 361 g/mol. The molecule has 0 saturated carbocycles. The number of carbonyl (C=O) groups is 1. The summed E-state index contributed by atoms with van der Waals surface area (Å²) in [5, 5.41) is 5.61. The van der Waals surface area contributed by atoms with E-state index in [1.807, 2.05) is 24.3 Å². The number of fused-ring (bicyclic) bond motifs is 1. The predicted octanol–water partition coefficient (Wildman–Crippen LogP) is 3.70. The van der Waals surface area contributed by atoms with Crippen LogP contribution in [0.1, 0.15) is 22.7 Å². The summed E-state index contributed by atoms with van der Waals surface area (Å²) in [6.07, 6.45) is -4.33. The van der Waals surface area contributed by atoms with Crippen molar-refractivity contribution < 1.29 is 27.4 Å². The number of alkyl halides is 3. The molecule has 2 aromatic carbocycles. The second kappa shape index (κ2) is 8.30. The van der Waals surface area contributed by atoms with Gasteiger partial charge in [-0.05, 0) is 17.2 Å². The Bertz CT molecular complexity index is 779. The van der Waals surface area contributed by atoms with E-state index in [-0.39, 0.29) is 18.7 Å². The minimum atomic E-state index is -4.33. The number of ether oxygens (including phenoxy) is 2. The minimum absolute atomic E-state index is 0.116. The van der Waals surface area contributed by atoms with Gasteiger partial charge in [0.1, 0.15) is 19.0 Å². The largest absolute Gasteiger partial charge is 0.491 e. The van der Waals surface area contributed by atoms with E-state index in [1.165, 1.54) is 0 Å². The van der Waals surface area contributed by atoms with Crippen LogP contribution in [0.4, 0.5) is 18.0 Å². The van der Waals surface area contributed by atoms with Gasteiger partial charge in [0, 0.05) is 12.1 Å². The molecule has 2 aromatic rings. The van der Waals surface area contributed by atoms with Gasteiger partial charge < -0.3 is 20.1 Å². The number of rotatable bonds is 6. The molecule has 3 rings (SSSR count). The third-order valence-corrected chi connectivity index (χ3v) is 4.02. The number of benzene rings is 2. The van der Waals surface area contributed by atoms with Gasteiger partial charge in [-0.2, -0.15) is 13.2 Å². The highest BCUT2D eigenvalue weighted by atomic mass is 19.4. The van der Waals surface area contributed by atoms with Gasteiger partial charge >= 0.3 is 12.2 Å². The lowest BCUT2D eigenvalue weighted by molar-refractivity contribution is -0.176. The van der Waals surface area contributed by atoms with Crippen molar-refractivity contribution in [2.24, 2.45) is 0 Å². The van der Waals surface area contributed by atoms with E-state index < -0.39 is 12.8 Å². The number of hydrogen-bond donors (Lipinski definition) is 2. The van der Waals surface area contributed by atoms with E-state index in [0.717, 1.165) is 16.9 Å². The number of hydrogen-bond acceptors (Lipinski definition) is 3. The summed E-state index contributed by atoms with van der Waals surface area (Å²) in [6, 6.07) is 13.8. The van der Waals surface area contributed by atoms with E-state index in [4.69, 9.17) is 4.74 Å². The summed E-state index contributed by atoms with van der Waals surface area (Å²) in [7, 11) is 0. The fourth-order valence-corrected chi connectivity index (χ4v) is 2.71. The lowest BCUT2D eigenvalue weighted by Crippen LogP contribution is -2.38. The fourth-order valence-electron chi connectivity index (χ4n) is 2.71.